The van der Waals surface area contributed by atoms with Crippen molar-refractivity contribution in [1.82, 2.24) is 0 Å². The summed E-state index contributed by atoms with van der Waals surface area (Å²) >= 11 is 0. The molecule has 0 bridgehead atoms. The van der Waals surface area contributed by atoms with E-state index in [-0.39, 0.29) is 5.68 Å². The van der Waals surface area contributed by atoms with Gasteiger partial charge in [0.15, 0.2) is 0 Å². The number of carbonyl (C=O) groups is 1. The molecule has 2 heteroatoms. The van der Waals surface area contributed by atoms with Crippen LogP contribution in [0.3, 0.4) is 0 Å². The largest absolute Gasteiger partial charge is 0.306 e. The molecule has 0 unspecified atom stereocenters. The molecule has 0 spiro atoms. The monoisotopic (exact) mass is 146 g/mol. The van der Waals surface area contributed by atoms with Crippen molar-refractivity contribution in [2.75, 3.05) is 0 Å². The molecule has 0 saturated carbocycles. The quantitative estimate of drug-likeness (QED) is 0.579. The maximum Gasteiger partial charge on any atom is 0.208 e. The highest BCUT2D eigenvalue weighted by Crippen LogP contribution is 2.06. The fourth-order valence-corrected chi connectivity index (χ4v) is 1.08. The molecular weight excluding hydrogens is 135 g/mol. The van der Waals surface area contributed by atoms with Gasteiger partial charge in [0.05, 0.1) is 0 Å². The van der Waals surface area contributed by atoms with Gasteiger partial charge < -0.3 is 4.79 Å². The summed E-state index contributed by atoms with van der Waals surface area (Å²) < 4.78 is 0. The van der Waals surface area contributed by atoms with Crippen LogP contribution in [0.15, 0.2) is 24.3 Å². The van der Waals surface area contributed by atoms with Crippen molar-refractivity contribution in [1.29, 1.82) is 0 Å². The maximum absolute atomic E-state index is 11.2. The second kappa shape index (κ2) is 3.38. The first-order valence-electron chi connectivity index (χ1n) is 3.84. The minimum Gasteiger partial charge on any atom is -0.306 e. The molecule has 1 aromatic rings. The van der Waals surface area contributed by atoms with Gasteiger partial charge in [-0.1, -0.05) is 31.1 Å². The van der Waals surface area contributed by atoms with Crippen molar-refractivity contribution >= 4 is 13.0 Å². The van der Waals surface area contributed by atoms with Crippen molar-refractivity contribution in [3.8, 4) is 0 Å². The standard InChI is InChI=1S/C9H11BO/c1-7-5-3-4-6-8(7)9(11)10-2/h3-6,10H,1-2H3. The smallest absolute Gasteiger partial charge is 0.208 e. The first-order valence-corrected chi connectivity index (χ1v) is 3.84. The van der Waals surface area contributed by atoms with E-state index in [2.05, 4.69) is 0 Å². The summed E-state index contributed by atoms with van der Waals surface area (Å²) in [5.74, 6) is 0. The van der Waals surface area contributed by atoms with Crippen LogP contribution in [0.5, 0.6) is 0 Å². The van der Waals surface area contributed by atoms with E-state index in [1.54, 1.807) is 0 Å². The van der Waals surface area contributed by atoms with Gasteiger partial charge in [-0.05, 0) is 12.5 Å². The van der Waals surface area contributed by atoms with Crippen molar-refractivity contribution in [2.24, 2.45) is 0 Å². The molecule has 0 aromatic heterocycles. The first-order chi connectivity index (χ1) is 5.25. The second-order valence-corrected chi connectivity index (χ2v) is 2.59. The fraction of sp³-hybridized carbons (Fsp3) is 0.222. The lowest BCUT2D eigenvalue weighted by Crippen LogP contribution is -2.06. The number of benzene rings is 1. The highest BCUT2D eigenvalue weighted by atomic mass is 16.1. The summed E-state index contributed by atoms with van der Waals surface area (Å²) in [6, 6.07) is 7.68. The van der Waals surface area contributed by atoms with Crippen LogP contribution in [0.1, 0.15) is 15.9 Å². The van der Waals surface area contributed by atoms with Gasteiger partial charge in [-0.3, -0.25) is 0 Å². The number of carbonyl (C=O) groups excluding carboxylic acids is 1. The number of hydrogen-bond acceptors (Lipinski definition) is 1. The second-order valence-electron chi connectivity index (χ2n) is 2.59. The Morgan fingerprint density at radius 3 is 2.55 bits per heavy atom. The summed E-state index contributed by atoms with van der Waals surface area (Å²) in [6.45, 7) is 3.84. The third-order valence-electron chi connectivity index (χ3n) is 1.77. The topological polar surface area (TPSA) is 17.1 Å². The highest BCUT2D eigenvalue weighted by molar-refractivity contribution is 6.76. The number of rotatable bonds is 2. The summed E-state index contributed by atoms with van der Waals surface area (Å²) in [4.78, 5) is 11.2. The summed E-state index contributed by atoms with van der Waals surface area (Å²) in [7, 11) is 0.588. The Balaban J connectivity index is 3.03. The van der Waals surface area contributed by atoms with Crippen LogP contribution in [0, 0.1) is 6.92 Å². The SMILES string of the molecule is CBC(=O)c1ccccc1C. The van der Waals surface area contributed by atoms with Crippen molar-refractivity contribution in [3.63, 3.8) is 0 Å². The van der Waals surface area contributed by atoms with Crippen molar-refractivity contribution in [3.05, 3.63) is 35.4 Å². The number of hydrogen-bond donors (Lipinski definition) is 0. The molecule has 0 aliphatic rings. The van der Waals surface area contributed by atoms with Gasteiger partial charge in [0.25, 0.3) is 0 Å². The van der Waals surface area contributed by atoms with E-state index in [1.807, 2.05) is 38.0 Å². The predicted octanol–water partition coefficient (Wildman–Crippen LogP) is 1.62. The molecule has 1 nitrogen and oxygen atoms in total. The molecule has 0 aliphatic heterocycles. The van der Waals surface area contributed by atoms with E-state index in [9.17, 15) is 4.79 Å². The minimum absolute atomic E-state index is 0.225. The lowest BCUT2D eigenvalue weighted by molar-refractivity contribution is 0.107. The molecule has 56 valence electrons. The van der Waals surface area contributed by atoms with E-state index >= 15 is 0 Å². The van der Waals surface area contributed by atoms with E-state index in [4.69, 9.17) is 0 Å². The Morgan fingerprint density at radius 1 is 1.36 bits per heavy atom. The summed E-state index contributed by atoms with van der Waals surface area (Å²) in [5.41, 5.74) is 2.15. The lowest BCUT2D eigenvalue weighted by Gasteiger charge is -2.00. The Labute approximate surface area is 67.7 Å². The summed E-state index contributed by atoms with van der Waals surface area (Å²) in [6.07, 6.45) is 0. The highest BCUT2D eigenvalue weighted by Gasteiger charge is 2.04. The molecule has 11 heavy (non-hydrogen) atoms. The lowest BCUT2D eigenvalue weighted by atomic mass is 9.72. The van der Waals surface area contributed by atoms with Crippen LogP contribution in [0.25, 0.3) is 0 Å². The average Bonchev–Trinajstić information content (AvgIpc) is 2.04. The molecule has 0 heterocycles. The van der Waals surface area contributed by atoms with E-state index in [0.717, 1.165) is 11.1 Å². The van der Waals surface area contributed by atoms with Gasteiger partial charge in [0.1, 0.15) is 5.68 Å². The molecule has 0 radical (unpaired) electrons. The zero-order chi connectivity index (χ0) is 8.27. The van der Waals surface area contributed by atoms with Gasteiger partial charge in [0.2, 0.25) is 7.28 Å². The molecule has 0 atom stereocenters. The zero-order valence-corrected chi connectivity index (χ0v) is 6.92. The minimum atomic E-state index is 0.225. The third kappa shape index (κ3) is 1.70. The average molecular weight is 146 g/mol. The van der Waals surface area contributed by atoms with Crippen LogP contribution >= 0.6 is 0 Å². The first kappa shape index (κ1) is 8.06. The van der Waals surface area contributed by atoms with Crippen LogP contribution in [0.2, 0.25) is 6.82 Å². The van der Waals surface area contributed by atoms with Crippen molar-refractivity contribution < 1.29 is 4.79 Å². The Hall–Kier alpha value is -1.05. The normalized spacial score (nSPS) is 9.27. The van der Waals surface area contributed by atoms with Gasteiger partial charge in [-0.2, -0.15) is 0 Å². The van der Waals surface area contributed by atoms with Crippen LogP contribution < -0.4 is 0 Å². The van der Waals surface area contributed by atoms with Gasteiger partial charge in [0, 0.05) is 5.56 Å². The predicted molar refractivity (Wildman–Crippen MR) is 48.5 cm³/mol. The van der Waals surface area contributed by atoms with Crippen LogP contribution in [-0.4, -0.2) is 13.0 Å². The molecular formula is C9H11BO. The van der Waals surface area contributed by atoms with Gasteiger partial charge >= 0.3 is 0 Å². The molecule has 1 aromatic carbocycles. The summed E-state index contributed by atoms with van der Waals surface area (Å²) in [5, 5.41) is 0. The molecule has 0 N–H and O–H groups in total. The van der Waals surface area contributed by atoms with Crippen molar-refractivity contribution in [2.45, 2.75) is 13.7 Å². The van der Waals surface area contributed by atoms with Gasteiger partial charge in [-0.15, -0.1) is 0 Å². The maximum atomic E-state index is 11.2. The van der Waals surface area contributed by atoms with E-state index < -0.39 is 0 Å². The molecule has 0 fully saturated rings. The molecule has 1 rings (SSSR count). The fourth-order valence-electron chi connectivity index (χ4n) is 1.08. The van der Waals surface area contributed by atoms with E-state index in [1.165, 1.54) is 0 Å². The zero-order valence-electron chi connectivity index (χ0n) is 6.92. The molecule has 0 aliphatic carbocycles. The molecule has 0 saturated heterocycles. The van der Waals surface area contributed by atoms with E-state index in [0.29, 0.717) is 7.28 Å². The van der Waals surface area contributed by atoms with Crippen LogP contribution in [0.4, 0.5) is 0 Å². The Morgan fingerprint density at radius 2 is 2.00 bits per heavy atom. The molecule has 0 amide bonds. The third-order valence-corrected chi connectivity index (χ3v) is 1.77. The Kier molecular flexibility index (Phi) is 2.47. The Bertz CT molecular complexity index is 268. The number of aryl methyl sites for hydroxylation is 1. The van der Waals surface area contributed by atoms with Gasteiger partial charge in [-0.25, -0.2) is 0 Å². The van der Waals surface area contributed by atoms with Crippen LogP contribution in [-0.2, 0) is 0 Å².